The first-order valence-electron chi connectivity index (χ1n) is 10.3. The van der Waals surface area contributed by atoms with E-state index in [4.69, 9.17) is 20.0 Å². The van der Waals surface area contributed by atoms with Gasteiger partial charge in [-0.25, -0.2) is 0 Å². The fourth-order valence-corrected chi connectivity index (χ4v) is 3.40. The summed E-state index contributed by atoms with van der Waals surface area (Å²) in [4.78, 5) is 11.1. The first-order valence-corrected chi connectivity index (χ1v) is 10.3. The largest absolute Gasteiger partial charge is 0.488 e. The van der Waals surface area contributed by atoms with Crippen LogP contribution in [0.4, 0.5) is 0 Å². The Balaban J connectivity index is 1.92. The van der Waals surface area contributed by atoms with E-state index >= 15 is 0 Å². The van der Waals surface area contributed by atoms with Crippen LogP contribution in [0.15, 0.2) is 89.3 Å². The highest BCUT2D eigenvalue weighted by Gasteiger charge is 2.12. The Morgan fingerprint density at radius 1 is 1.25 bits per heavy atom. The summed E-state index contributed by atoms with van der Waals surface area (Å²) in [5, 5.41) is 19.4. The van der Waals surface area contributed by atoms with Crippen molar-refractivity contribution in [1.29, 1.82) is 0 Å². The maximum Gasteiger partial charge on any atom is 0.307 e. The third-order valence-electron chi connectivity index (χ3n) is 5.10. The number of ether oxygens (including phenoxy) is 1. The molecule has 6 heteroatoms. The summed E-state index contributed by atoms with van der Waals surface area (Å²) in [6.07, 6.45) is 6.48. The van der Waals surface area contributed by atoms with E-state index in [0.717, 1.165) is 33.2 Å². The number of hydrogen-bond acceptors (Lipinski definition) is 5. The van der Waals surface area contributed by atoms with Gasteiger partial charge in [0.25, 0.3) is 0 Å². The molecular formula is C26H27NO5. The lowest BCUT2D eigenvalue weighted by atomic mass is 9.98. The molecule has 4 N–H and O–H groups in total. The minimum atomic E-state index is -0.952. The van der Waals surface area contributed by atoms with Crippen LogP contribution in [0.2, 0.25) is 0 Å². The zero-order chi connectivity index (χ0) is 23.1. The number of aliphatic hydroxyl groups is 1. The van der Waals surface area contributed by atoms with Crippen molar-refractivity contribution in [3.05, 3.63) is 96.0 Å². The SMILES string of the molecule is C=C/C(CC(=O)O)=C(\C=C/C)OCc1coc2ccc(-c3cccc([C@H](N)CO)c3)cc12. The predicted molar refractivity (Wildman–Crippen MR) is 125 cm³/mol. The normalized spacial score (nSPS) is 13.2. The van der Waals surface area contributed by atoms with E-state index in [2.05, 4.69) is 6.58 Å². The minimum absolute atomic E-state index is 0.123. The van der Waals surface area contributed by atoms with Crippen molar-refractivity contribution in [3.63, 3.8) is 0 Å². The maximum absolute atomic E-state index is 11.1. The van der Waals surface area contributed by atoms with Crippen LogP contribution in [-0.2, 0) is 16.1 Å². The highest BCUT2D eigenvalue weighted by molar-refractivity contribution is 5.86. The molecule has 0 radical (unpaired) electrons. The topological polar surface area (TPSA) is 106 Å². The van der Waals surface area contributed by atoms with Crippen molar-refractivity contribution in [2.45, 2.75) is 26.0 Å². The summed E-state index contributed by atoms with van der Waals surface area (Å²) in [7, 11) is 0. The molecular weight excluding hydrogens is 406 g/mol. The van der Waals surface area contributed by atoms with Gasteiger partial charge in [-0.1, -0.05) is 43.0 Å². The maximum atomic E-state index is 11.1. The van der Waals surface area contributed by atoms with Gasteiger partial charge in [-0.05, 0) is 47.9 Å². The molecule has 3 aromatic rings. The molecule has 0 aliphatic rings. The van der Waals surface area contributed by atoms with Crippen LogP contribution in [0.5, 0.6) is 0 Å². The van der Waals surface area contributed by atoms with E-state index in [1.807, 2.05) is 49.4 Å². The van der Waals surface area contributed by atoms with E-state index in [-0.39, 0.29) is 19.6 Å². The van der Waals surface area contributed by atoms with Crippen LogP contribution in [0.1, 0.15) is 30.5 Å². The monoisotopic (exact) mass is 433 g/mol. The molecule has 0 aliphatic heterocycles. The molecule has 0 saturated heterocycles. The zero-order valence-corrected chi connectivity index (χ0v) is 18.0. The van der Waals surface area contributed by atoms with Crippen molar-refractivity contribution in [1.82, 2.24) is 0 Å². The summed E-state index contributed by atoms with van der Waals surface area (Å²) in [6, 6.07) is 13.2. The molecule has 0 bridgehead atoms. The molecule has 0 spiro atoms. The van der Waals surface area contributed by atoms with E-state index in [1.54, 1.807) is 18.4 Å². The smallest absolute Gasteiger partial charge is 0.307 e. The third kappa shape index (κ3) is 5.35. The van der Waals surface area contributed by atoms with Crippen LogP contribution >= 0.6 is 0 Å². The number of benzene rings is 2. The first kappa shape index (κ1) is 23.1. The van der Waals surface area contributed by atoms with E-state index in [0.29, 0.717) is 11.3 Å². The molecule has 0 aliphatic carbocycles. The number of aliphatic hydroxyl groups excluding tert-OH is 1. The second kappa shape index (κ2) is 10.6. The molecule has 1 atom stereocenters. The number of carboxylic acids is 1. The van der Waals surface area contributed by atoms with E-state index in [1.165, 1.54) is 6.08 Å². The highest BCUT2D eigenvalue weighted by Crippen LogP contribution is 2.30. The summed E-state index contributed by atoms with van der Waals surface area (Å²) in [5.41, 5.74) is 10.8. The summed E-state index contributed by atoms with van der Waals surface area (Å²) in [5.74, 6) is -0.492. The van der Waals surface area contributed by atoms with Crippen LogP contribution < -0.4 is 5.73 Å². The molecule has 6 nitrogen and oxygen atoms in total. The van der Waals surface area contributed by atoms with Crippen molar-refractivity contribution in [2.75, 3.05) is 6.61 Å². The van der Waals surface area contributed by atoms with E-state index < -0.39 is 12.0 Å². The van der Waals surface area contributed by atoms with Gasteiger partial charge in [-0.3, -0.25) is 4.79 Å². The molecule has 1 aromatic heterocycles. The fraction of sp³-hybridized carbons (Fsp3) is 0.192. The zero-order valence-electron chi connectivity index (χ0n) is 18.0. The quantitative estimate of drug-likeness (QED) is 0.303. The third-order valence-corrected chi connectivity index (χ3v) is 5.10. The lowest BCUT2D eigenvalue weighted by Crippen LogP contribution is -2.14. The van der Waals surface area contributed by atoms with Crippen molar-refractivity contribution >= 4 is 16.9 Å². The summed E-state index contributed by atoms with van der Waals surface area (Å²) in [6.45, 7) is 5.63. The van der Waals surface area contributed by atoms with Gasteiger partial charge in [0.2, 0.25) is 0 Å². The average molecular weight is 434 g/mol. The molecule has 166 valence electrons. The minimum Gasteiger partial charge on any atom is -0.488 e. The van der Waals surface area contributed by atoms with Gasteiger partial charge in [0, 0.05) is 16.5 Å². The molecule has 3 rings (SSSR count). The number of nitrogens with two attached hydrogens (primary N) is 1. The lowest BCUT2D eigenvalue weighted by Gasteiger charge is -2.11. The Bertz CT molecular complexity index is 1170. The van der Waals surface area contributed by atoms with Gasteiger partial charge < -0.3 is 25.1 Å². The highest BCUT2D eigenvalue weighted by atomic mass is 16.5. The molecule has 0 saturated carbocycles. The van der Waals surface area contributed by atoms with Gasteiger partial charge in [-0.2, -0.15) is 0 Å². The average Bonchev–Trinajstić information content (AvgIpc) is 3.22. The Hall–Kier alpha value is -3.61. The molecule has 32 heavy (non-hydrogen) atoms. The summed E-state index contributed by atoms with van der Waals surface area (Å²) < 4.78 is 11.6. The van der Waals surface area contributed by atoms with Gasteiger partial charge in [-0.15, -0.1) is 0 Å². The standard InChI is InChI=1S/C26H27NO5/c1-3-6-24(17(4-2)13-26(29)30)31-15-21-16-32-25-10-9-19(12-22(21)25)18-7-5-8-20(11-18)23(27)14-28/h3-12,16,23,28H,2,13-15,27H2,1H3,(H,29,30)/b6-3-,24-17-/t23-/m1/s1. The number of furan rings is 1. The first-order chi connectivity index (χ1) is 15.5. The van der Waals surface area contributed by atoms with Gasteiger partial charge in [0.1, 0.15) is 17.9 Å². The van der Waals surface area contributed by atoms with Gasteiger partial charge >= 0.3 is 5.97 Å². The lowest BCUT2D eigenvalue weighted by molar-refractivity contribution is -0.136. The molecule has 2 aromatic carbocycles. The predicted octanol–water partition coefficient (Wildman–Crippen LogP) is 5.10. The molecule has 1 heterocycles. The second-order valence-corrected chi connectivity index (χ2v) is 7.34. The van der Waals surface area contributed by atoms with Crippen LogP contribution in [-0.4, -0.2) is 22.8 Å². The molecule has 0 amide bonds. The number of aliphatic carboxylic acids is 1. The Kier molecular flexibility index (Phi) is 7.65. The van der Waals surface area contributed by atoms with Crippen molar-refractivity contribution < 1.29 is 24.2 Å². The van der Waals surface area contributed by atoms with Crippen molar-refractivity contribution in [2.24, 2.45) is 5.73 Å². The fourth-order valence-electron chi connectivity index (χ4n) is 3.40. The Morgan fingerprint density at radius 3 is 2.72 bits per heavy atom. The molecule has 0 fully saturated rings. The number of allylic oxidation sites excluding steroid dienone is 3. The second-order valence-electron chi connectivity index (χ2n) is 7.34. The van der Waals surface area contributed by atoms with Gasteiger partial charge in [0.05, 0.1) is 25.3 Å². The van der Waals surface area contributed by atoms with Crippen LogP contribution in [0.3, 0.4) is 0 Å². The Morgan fingerprint density at radius 2 is 2.03 bits per heavy atom. The van der Waals surface area contributed by atoms with Crippen molar-refractivity contribution in [3.8, 4) is 11.1 Å². The number of hydrogen-bond donors (Lipinski definition) is 3. The van der Waals surface area contributed by atoms with Crippen LogP contribution in [0.25, 0.3) is 22.1 Å². The number of carboxylic acid groups (broad SMARTS) is 1. The van der Waals surface area contributed by atoms with Crippen LogP contribution in [0, 0.1) is 0 Å². The number of carbonyl (C=O) groups is 1. The number of fused-ring (bicyclic) bond motifs is 1. The number of rotatable bonds is 10. The Labute approximate surface area is 186 Å². The molecule has 0 unspecified atom stereocenters. The van der Waals surface area contributed by atoms with E-state index in [9.17, 15) is 9.90 Å². The summed E-state index contributed by atoms with van der Waals surface area (Å²) >= 11 is 0. The van der Waals surface area contributed by atoms with Gasteiger partial charge in [0.15, 0.2) is 0 Å².